The van der Waals surface area contributed by atoms with Crippen LogP contribution in [0.2, 0.25) is 0 Å². The van der Waals surface area contributed by atoms with Crippen molar-refractivity contribution in [2.75, 3.05) is 0 Å². The highest BCUT2D eigenvalue weighted by molar-refractivity contribution is 5.75. The first kappa shape index (κ1) is 11.7. The van der Waals surface area contributed by atoms with Crippen LogP contribution >= 0.6 is 0 Å². The molecule has 0 bridgehead atoms. The number of rotatable bonds is 3. The van der Waals surface area contributed by atoms with Gasteiger partial charge < -0.3 is 9.84 Å². The maximum atomic E-state index is 10.8. The molecule has 0 saturated carbocycles. The van der Waals surface area contributed by atoms with Crippen LogP contribution < -0.4 is 4.74 Å². The van der Waals surface area contributed by atoms with E-state index >= 15 is 0 Å². The number of benzene rings is 1. The summed E-state index contributed by atoms with van der Waals surface area (Å²) in [5.41, 5.74) is 0.323. The number of ether oxygens (including phenoxy) is 1. The molecule has 6 nitrogen and oxygen atoms in total. The third-order valence-electron chi connectivity index (χ3n) is 1.84. The molecule has 0 unspecified atom stereocenters. The molecular weight excluding hydrogens is 214 g/mol. The number of carboxylic acid groups (broad SMARTS) is 1. The first-order valence-corrected chi connectivity index (χ1v) is 4.27. The second kappa shape index (κ2) is 4.43. The molecule has 0 aromatic heterocycles. The number of hydrogen-bond donors (Lipinski definition) is 1. The summed E-state index contributed by atoms with van der Waals surface area (Å²) in [5.74, 6) is -0.307. The minimum atomic E-state index is -1.60. The molecule has 6 heteroatoms. The Hall–Kier alpha value is -2.37. The Morgan fingerprint density at radius 3 is 2.62 bits per heavy atom. The number of hydrogen-bond acceptors (Lipinski definition) is 4. The van der Waals surface area contributed by atoms with Gasteiger partial charge in [0.05, 0.1) is 10.5 Å². The van der Waals surface area contributed by atoms with Gasteiger partial charge in [-0.3, -0.25) is 10.1 Å². The van der Waals surface area contributed by atoms with E-state index in [1.54, 1.807) is 6.92 Å². The molecule has 0 aliphatic carbocycles. The molecule has 0 atom stereocenters. The molecule has 1 N–H and O–H groups in total. The van der Waals surface area contributed by atoms with Crippen molar-refractivity contribution in [1.82, 2.24) is 0 Å². The molecule has 1 aromatic carbocycles. The molecule has 0 radical (unpaired) electrons. The zero-order valence-corrected chi connectivity index (χ0v) is 8.47. The molecule has 0 saturated heterocycles. The largest absolute Gasteiger partial charge is 0.511 e. The maximum absolute atomic E-state index is 10.8. The van der Waals surface area contributed by atoms with Gasteiger partial charge in [-0.2, -0.15) is 0 Å². The van der Waals surface area contributed by atoms with Gasteiger partial charge in [0.25, 0.3) is 0 Å². The highest BCUT2D eigenvalue weighted by Crippen LogP contribution is 2.34. The Balaban J connectivity index is 3.38. The zero-order valence-electron chi connectivity index (χ0n) is 8.47. The van der Waals surface area contributed by atoms with E-state index in [4.69, 9.17) is 5.11 Å². The lowest BCUT2D eigenvalue weighted by Crippen LogP contribution is -2.06. The minimum absolute atomic E-state index is 0.253. The summed E-state index contributed by atoms with van der Waals surface area (Å²) in [6.45, 7) is 5.17. The first-order chi connectivity index (χ1) is 7.43. The zero-order chi connectivity index (χ0) is 12.3. The summed E-state index contributed by atoms with van der Waals surface area (Å²) < 4.78 is 4.33. The van der Waals surface area contributed by atoms with Gasteiger partial charge in [-0.05, 0) is 24.6 Å². The van der Waals surface area contributed by atoms with Crippen molar-refractivity contribution >= 4 is 17.4 Å². The molecule has 0 heterocycles. The lowest BCUT2D eigenvalue weighted by atomic mass is 10.1. The monoisotopic (exact) mass is 223 g/mol. The van der Waals surface area contributed by atoms with Crippen LogP contribution in [0.3, 0.4) is 0 Å². The molecule has 0 spiro atoms. The average molecular weight is 223 g/mol. The number of carbonyl (C=O) groups is 1. The van der Waals surface area contributed by atoms with Crippen LogP contribution in [0.15, 0.2) is 24.8 Å². The predicted molar refractivity (Wildman–Crippen MR) is 56.5 cm³/mol. The summed E-state index contributed by atoms with van der Waals surface area (Å²) in [6, 6.07) is 4.17. The van der Waals surface area contributed by atoms with Crippen molar-refractivity contribution in [3.63, 3.8) is 0 Å². The highest BCUT2D eigenvalue weighted by atomic mass is 16.7. The SMILES string of the molecule is C=C(C)c1cccc(OC(=O)O)c1[N+](=O)[O-]. The third kappa shape index (κ3) is 2.35. The summed E-state index contributed by atoms with van der Waals surface area (Å²) in [7, 11) is 0. The van der Waals surface area contributed by atoms with Crippen LogP contribution in [0, 0.1) is 10.1 Å². The van der Waals surface area contributed by atoms with Crippen molar-refractivity contribution in [1.29, 1.82) is 0 Å². The number of nitro benzene ring substituents is 1. The van der Waals surface area contributed by atoms with Crippen LogP contribution in [0.4, 0.5) is 10.5 Å². The Kier molecular flexibility index (Phi) is 3.24. The van der Waals surface area contributed by atoms with Gasteiger partial charge in [0.2, 0.25) is 5.75 Å². The molecule has 0 amide bonds. The van der Waals surface area contributed by atoms with Crippen molar-refractivity contribution in [3.05, 3.63) is 40.5 Å². The van der Waals surface area contributed by atoms with Gasteiger partial charge in [0, 0.05) is 0 Å². The number of nitrogens with zero attached hydrogens (tertiary/aromatic N) is 1. The molecule has 1 rings (SSSR count). The molecule has 0 aliphatic rings. The normalized spacial score (nSPS) is 9.56. The Labute approximate surface area is 90.9 Å². The number of para-hydroxylation sites is 1. The van der Waals surface area contributed by atoms with Crippen LogP contribution in [-0.4, -0.2) is 16.2 Å². The van der Waals surface area contributed by atoms with Gasteiger partial charge in [0.1, 0.15) is 0 Å². The van der Waals surface area contributed by atoms with Gasteiger partial charge in [-0.25, -0.2) is 4.79 Å². The lowest BCUT2D eigenvalue weighted by molar-refractivity contribution is -0.385. The fourth-order valence-corrected chi connectivity index (χ4v) is 1.23. The van der Waals surface area contributed by atoms with Gasteiger partial charge in [-0.1, -0.05) is 12.6 Å². The van der Waals surface area contributed by atoms with Gasteiger partial charge in [0.15, 0.2) is 0 Å². The van der Waals surface area contributed by atoms with Crippen LogP contribution in [-0.2, 0) is 0 Å². The molecule has 84 valence electrons. The maximum Gasteiger partial charge on any atom is 0.511 e. The topological polar surface area (TPSA) is 89.7 Å². The second-order valence-electron chi connectivity index (χ2n) is 3.06. The van der Waals surface area contributed by atoms with E-state index in [1.807, 2.05) is 0 Å². The van der Waals surface area contributed by atoms with E-state index in [0.29, 0.717) is 5.57 Å². The van der Waals surface area contributed by atoms with E-state index in [9.17, 15) is 14.9 Å². The van der Waals surface area contributed by atoms with E-state index < -0.39 is 16.8 Å². The fraction of sp³-hybridized carbons (Fsp3) is 0.100. The number of allylic oxidation sites excluding steroid dienone is 1. The molecule has 1 aromatic rings. The molecule has 0 fully saturated rings. The van der Waals surface area contributed by atoms with Crippen molar-refractivity contribution in [2.45, 2.75) is 6.92 Å². The quantitative estimate of drug-likeness (QED) is 0.368. The van der Waals surface area contributed by atoms with Gasteiger partial charge >= 0.3 is 11.8 Å². The smallest absolute Gasteiger partial charge is 0.449 e. The van der Waals surface area contributed by atoms with E-state index in [-0.39, 0.29) is 11.3 Å². The Morgan fingerprint density at radius 1 is 1.56 bits per heavy atom. The Bertz CT molecular complexity index is 466. The molecule has 16 heavy (non-hydrogen) atoms. The van der Waals surface area contributed by atoms with Crippen molar-refractivity contribution in [3.8, 4) is 5.75 Å². The summed E-state index contributed by atoms with van der Waals surface area (Å²) in [6.07, 6.45) is -1.60. The standard InChI is InChI=1S/C10H9NO5/c1-6(2)7-4-3-5-8(16-10(12)13)9(7)11(14)15/h3-5H,1H2,2H3,(H,12,13). The van der Waals surface area contributed by atoms with Crippen molar-refractivity contribution in [2.24, 2.45) is 0 Å². The van der Waals surface area contributed by atoms with E-state index in [2.05, 4.69) is 11.3 Å². The van der Waals surface area contributed by atoms with E-state index in [0.717, 1.165) is 0 Å². The predicted octanol–water partition coefficient (Wildman–Crippen LogP) is 2.68. The number of nitro groups is 1. The average Bonchev–Trinajstić information content (AvgIpc) is 2.15. The minimum Gasteiger partial charge on any atom is -0.449 e. The first-order valence-electron chi connectivity index (χ1n) is 4.27. The van der Waals surface area contributed by atoms with Crippen LogP contribution in [0.1, 0.15) is 12.5 Å². The van der Waals surface area contributed by atoms with Crippen molar-refractivity contribution < 1.29 is 19.6 Å². The van der Waals surface area contributed by atoms with Crippen LogP contribution in [0.5, 0.6) is 5.75 Å². The third-order valence-corrected chi connectivity index (χ3v) is 1.84. The Morgan fingerprint density at radius 2 is 2.19 bits per heavy atom. The summed E-state index contributed by atoms with van der Waals surface area (Å²) in [5, 5.41) is 19.3. The molecular formula is C10H9NO5. The highest BCUT2D eigenvalue weighted by Gasteiger charge is 2.22. The van der Waals surface area contributed by atoms with E-state index in [1.165, 1.54) is 18.2 Å². The summed E-state index contributed by atoms with van der Waals surface area (Å²) in [4.78, 5) is 20.5. The fourth-order valence-electron chi connectivity index (χ4n) is 1.23. The second-order valence-corrected chi connectivity index (χ2v) is 3.06. The van der Waals surface area contributed by atoms with Gasteiger partial charge in [-0.15, -0.1) is 0 Å². The van der Waals surface area contributed by atoms with Crippen LogP contribution in [0.25, 0.3) is 5.57 Å². The molecule has 0 aliphatic heterocycles. The summed E-state index contributed by atoms with van der Waals surface area (Å²) >= 11 is 0. The lowest BCUT2D eigenvalue weighted by Gasteiger charge is -2.05.